The average molecular weight is 369 g/mol. The van der Waals surface area contributed by atoms with Gasteiger partial charge in [0.05, 0.1) is 0 Å². The van der Waals surface area contributed by atoms with E-state index in [1.165, 1.54) is 13.8 Å². The molecule has 0 aliphatic carbocycles. The zero-order valence-corrected chi connectivity index (χ0v) is 13.7. The van der Waals surface area contributed by atoms with Crippen LogP contribution < -0.4 is 9.35 Å². The number of thiophene rings is 1. The Labute approximate surface area is 129 Å². The van der Waals surface area contributed by atoms with Gasteiger partial charge in [0.15, 0.2) is 10.7 Å². The molecule has 13 heteroatoms. The number of nitrogens with one attached hydrogen (secondary N) is 1. The number of rotatable bonds is 5. The molecule has 0 amide bonds. The number of aryl methyl sites for hydroxylation is 2. The highest BCUT2D eigenvalue weighted by atomic mass is 32.2. The first-order chi connectivity index (χ1) is 10.1. The predicted molar refractivity (Wildman–Crippen MR) is 73.9 cm³/mol. The summed E-state index contributed by atoms with van der Waals surface area (Å²) in [4.78, 5) is 0.790. The molecule has 22 heavy (non-hydrogen) atoms. The van der Waals surface area contributed by atoms with Crippen molar-refractivity contribution < 1.29 is 31.8 Å². The van der Waals surface area contributed by atoms with Gasteiger partial charge in [0.1, 0.15) is 14.9 Å². The normalized spacial score (nSPS) is 12.5. The van der Waals surface area contributed by atoms with Crippen LogP contribution in [-0.4, -0.2) is 32.4 Å². The maximum absolute atomic E-state index is 12.3. The fraction of sp³-hybridized carbons (Fsp3) is 0.222. The van der Waals surface area contributed by atoms with Crippen molar-refractivity contribution in [1.82, 2.24) is 10.0 Å². The van der Waals surface area contributed by atoms with E-state index in [1.807, 2.05) is 0 Å². The molecular weight excluding hydrogens is 358 g/mol. The van der Waals surface area contributed by atoms with Crippen molar-refractivity contribution in [3.8, 4) is 0 Å². The predicted octanol–water partition coefficient (Wildman–Crippen LogP) is 0.605. The Kier molecular flexibility index (Phi) is 4.29. The van der Waals surface area contributed by atoms with E-state index in [1.54, 1.807) is 0 Å². The Balaban J connectivity index is 2.47. The number of anilines is 1. The van der Waals surface area contributed by atoms with Crippen LogP contribution in [0.25, 0.3) is 0 Å². The lowest BCUT2D eigenvalue weighted by molar-refractivity contribution is 0.243. The third-order valence-corrected chi connectivity index (χ3v) is 7.13. The standard InChI is InChI=1S/C9H11N3O7S3/c1-5-9(6(2)19-10-5)22(17,18)12(14)7-3-4-8(20-7)21(15,16)11-13/h3-4,11,13-14H,1-2H3. The second-order valence-electron chi connectivity index (χ2n) is 4.09. The number of nitrogens with zero attached hydrogens (tertiary/aromatic N) is 2. The summed E-state index contributed by atoms with van der Waals surface area (Å²) in [7, 11) is -8.55. The Morgan fingerprint density at radius 3 is 2.41 bits per heavy atom. The zero-order chi connectivity index (χ0) is 16.7. The van der Waals surface area contributed by atoms with Gasteiger partial charge in [0.25, 0.3) is 20.0 Å². The van der Waals surface area contributed by atoms with E-state index in [4.69, 9.17) is 9.73 Å². The van der Waals surface area contributed by atoms with E-state index >= 15 is 0 Å². The van der Waals surface area contributed by atoms with E-state index in [9.17, 15) is 22.0 Å². The molecule has 0 aliphatic rings. The third kappa shape index (κ3) is 2.73. The molecule has 0 radical (unpaired) electrons. The van der Waals surface area contributed by atoms with Gasteiger partial charge in [0, 0.05) is 0 Å². The van der Waals surface area contributed by atoms with E-state index in [0.29, 0.717) is 11.3 Å². The second-order valence-corrected chi connectivity index (χ2v) is 8.74. The van der Waals surface area contributed by atoms with E-state index in [0.717, 1.165) is 17.0 Å². The molecule has 3 N–H and O–H groups in total. The Hall–Kier alpha value is -1.51. The number of hydrogen-bond donors (Lipinski definition) is 3. The van der Waals surface area contributed by atoms with Crippen LogP contribution in [0.2, 0.25) is 0 Å². The van der Waals surface area contributed by atoms with Gasteiger partial charge < -0.3 is 9.73 Å². The van der Waals surface area contributed by atoms with Crippen LogP contribution in [0.4, 0.5) is 5.00 Å². The topological polar surface area (TPSA) is 150 Å². The fourth-order valence-electron chi connectivity index (χ4n) is 1.65. The first-order valence-electron chi connectivity index (χ1n) is 5.54. The van der Waals surface area contributed by atoms with Crippen molar-refractivity contribution in [1.29, 1.82) is 0 Å². The minimum Gasteiger partial charge on any atom is -0.360 e. The molecule has 122 valence electrons. The van der Waals surface area contributed by atoms with Crippen molar-refractivity contribution in [2.45, 2.75) is 23.0 Å². The lowest BCUT2D eigenvalue weighted by atomic mass is 10.4. The molecule has 2 aromatic rings. The van der Waals surface area contributed by atoms with E-state index in [-0.39, 0.29) is 30.0 Å². The van der Waals surface area contributed by atoms with Crippen LogP contribution in [0.15, 0.2) is 25.8 Å². The fourth-order valence-corrected chi connectivity index (χ4v) is 5.04. The van der Waals surface area contributed by atoms with Gasteiger partial charge in [-0.3, -0.25) is 5.21 Å². The molecular formula is C9H11N3O7S3. The molecule has 0 fully saturated rings. The first-order valence-corrected chi connectivity index (χ1v) is 9.28. The van der Waals surface area contributed by atoms with Gasteiger partial charge in [-0.05, 0) is 26.0 Å². The minimum absolute atomic E-state index is 0.0158. The Morgan fingerprint density at radius 2 is 1.91 bits per heavy atom. The number of hydrogen-bond acceptors (Lipinski definition) is 9. The van der Waals surface area contributed by atoms with Crippen LogP contribution >= 0.6 is 11.3 Å². The monoisotopic (exact) mass is 369 g/mol. The summed E-state index contributed by atoms with van der Waals surface area (Å²) < 4.78 is 51.8. The molecule has 0 aromatic carbocycles. The maximum Gasteiger partial charge on any atom is 0.292 e. The summed E-state index contributed by atoms with van der Waals surface area (Å²) in [6.07, 6.45) is 0. The molecule has 0 aliphatic heterocycles. The van der Waals surface area contributed by atoms with Gasteiger partial charge in [-0.15, -0.1) is 15.8 Å². The summed E-state index contributed by atoms with van der Waals surface area (Å²) in [5, 5.41) is 21.7. The third-order valence-electron chi connectivity index (χ3n) is 2.59. The molecule has 0 atom stereocenters. The van der Waals surface area contributed by atoms with Gasteiger partial charge in [-0.2, -0.15) is 8.42 Å². The summed E-state index contributed by atoms with van der Waals surface area (Å²) in [5.74, 6) is -0.0158. The molecule has 0 saturated heterocycles. The number of aromatic nitrogens is 1. The van der Waals surface area contributed by atoms with Gasteiger partial charge in [-0.1, -0.05) is 10.0 Å². The van der Waals surface area contributed by atoms with Crippen molar-refractivity contribution in [2.24, 2.45) is 0 Å². The summed E-state index contributed by atoms with van der Waals surface area (Å²) >= 11 is 0.444. The van der Waals surface area contributed by atoms with Crippen LogP contribution in [0, 0.1) is 13.8 Å². The first kappa shape index (κ1) is 16.9. The van der Waals surface area contributed by atoms with Gasteiger partial charge in [0.2, 0.25) is 0 Å². The highest BCUT2D eigenvalue weighted by molar-refractivity contribution is 7.93. The number of sulfonamides is 2. The van der Waals surface area contributed by atoms with Crippen molar-refractivity contribution in [3.05, 3.63) is 23.6 Å². The minimum atomic E-state index is -4.38. The van der Waals surface area contributed by atoms with E-state index in [2.05, 4.69) is 5.16 Å². The van der Waals surface area contributed by atoms with Crippen LogP contribution in [-0.2, 0) is 20.0 Å². The zero-order valence-electron chi connectivity index (χ0n) is 11.2. The molecule has 10 nitrogen and oxygen atoms in total. The molecule has 2 aromatic heterocycles. The lowest BCUT2D eigenvalue weighted by Crippen LogP contribution is -2.27. The van der Waals surface area contributed by atoms with Gasteiger partial charge >= 0.3 is 0 Å². The summed E-state index contributed by atoms with van der Waals surface area (Å²) in [6.45, 7) is 2.75. The highest BCUT2D eigenvalue weighted by Gasteiger charge is 2.32. The quantitative estimate of drug-likeness (QED) is 0.649. The molecule has 0 saturated carbocycles. The van der Waals surface area contributed by atoms with Crippen LogP contribution in [0.1, 0.15) is 11.5 Å². The van der Waals surface area contributed by atoms with Crippen molar-refractivity contribution >= 4 is 36.4 Å². The smallest absolute Gasteiger partial charge is 0.292 e. The lowest BCUT2D eigenvalue weighted by Gasteiger charge is -2.14. The second kappa shape index (κ2) is 5.60. The van der Waals surface area contributed by atoms with Gasteiger partial charge in [-0.25, -0.2) is 8.42 Å². The SMILES string of the molecule is Cc1noc(C)c1S(=O)(=O)N(O)c1ccc(S(=O)(=O)NO)s1. The molecule has 2 rings (SSSR count). The maximum atomic E-state index is 12.3. The average Bonchev–Trinajstić information content (AvgIpc) is 3.05. The highest BCUT2D eigenvalue weighted by Crippen LogP contribution is 2.33. The van der Waals surface area contributed by atoms with Crippen molar-refractivity contribution in [3.63, 3.8) is 0 Å². The molecule has 0 unspecified atom stereocenters. The Bertz CT molecular complexity index is 877. The van der Waals surface area contributed by atoms with E-state index < -0.39 is 20.0 Å². The largest absolute Gasteiger partial charge is 0.360 e. The summed E-state index contributed by atoms with van der Waals surface area (Å²) in [6, 6.07) is 2.11. The summed E-state index contributed by atoms with van der Waals surface area (Å²) in [5.41, 5.74) is 0.0537. The van der Waals surface area contributed by atoms with Crippen molar-refractivity contribution in [2.75, 3.05) is 4.47 Å². The molecule has 2 heterocycles. The molecule has 0 bridgehead atoms. The van der Waals surface area contributed by atoms with Crippen LogP contribution in [0.3, 0.4) is 0 Å². The Morgan fingerprint density at radius 1 is 1.27 bits per heavy atom. The molecule has 0 spiro atoms. The van der Waals surface area contributed by atoms with Crippen LogP contribution in [0.5, 0.6) is 0 Å².